The maximum absolute atomic E-state index is 12.5. The molecule has 1 unspecified atom stereocenters. The highest BCUT2D eigenvalue weighted by Crippen LogP contribution is 2.39. The number of carbonyl (C=O) groups is 2. The molecule has 0 aromatic heterocycles. The number of hydrogen-bond acceptors (Lipinski definition) is 4. The SMILES string of the molecule is NCC1(CC(=O)N2CCOCC2C(=O)O)CCCCC1. The molecule has 0 bridgehead atoms. The fourth-order valence-corrected chi connectivity index (χ4v) is 3.28. The van der Waals surface area contributed by atoms with E-state index in [1.165, 1.54) is 11.3 Å². The van der Waals surface area contributed by atoms with Crippen molar-refractivity contribution in [2.24, 2.45) is 11.1 Å². The molecule has 1 aliphatic carbocycles. The Kier molecular flexibility index (Phi) is 4.99. The molecule has 20 heavy (non-hydrogen) atoms. The van der Waals surface area contributed by atoms with Crippen LogP contribution in [0.25, 0.3) is 0 Å². The van der Waals surface area contributed by atoms with Crippen molar-refractivity contribution in [1.82, 2.24) is 4.90 Å². The average molecular weight is 284 g/mol. The minimum Gasteiger partial charge on any atom is -0.480 e. The van der Waals surface area contributed by atoms with E-state index in [1.54, 1.807) is 0 Å². The molecule has 114 valence electrons. The van der Waals surface area contributed by atoms with Gasteiger partial charge in [-0.15, -0.1) is 0 Å². The fraction of sp³-hybridized carbons (Fsp3) is 0.857. The Bertz CT molecular complexity index is 366. The molecule has 2 fully saturated rings. The molecular weight excluding hydrogens is 260 g/mol. The van der Waals surface area contributed by atoms with E-state index in [2.05, 4.69) is 0 Å². The van der Waals surface area contributed by atoms with Crippen LogP contribution in [0, 0.1) is 5.41 Å². The van der Waals surface area contributed by atoms with E-state index >= 15 is 0 Å². The summed E-state index contributed by atoms with van der Waals surface area (Å²) < 4.78 is 5.17. The number of carbonyl (C=O) groups excluding carboxylic acids is 1. The van der Waals surface area contributed by atoms with Crippen molar-refractivity contribution in [1.29, 1.82) is 0 Å². The van der Waals surface area contributed by atoms with Gasteiger partial charge < -0.3 is 20.5 Å². The summed E-state index contributed by atoms with van der Waals surface area (Å²) in [5.41, 5.74) is 5.77. The second kappa shape index (κ2) is 6.54. The zero-order valence-electron chi connectivity index (χ0n) is 11.8. The molecule has 0 spiro atoms. The van der Waals surface area contributed by atoms with Gasteiger partial charge >= 0.3 is 5.97 Å². The van der Waals surface area contributed by atoms with Gasteiger partial charge in [-0.05, 0) is 24.8 Å². The summed E-state index contributed by atoms with van der Waals surface area (Å²) >= 11 is 0. The Labute approximate surface area is 119 Å². The number of rotatable bonds is 4. The Balaban J connectivity index is 2.03. The monoisotopic (exact) mass is 284 g/mol. The summed E-state index contributed by atoms with van der Waals surface area (Å²) in [4.78, 5) is 25.2. The Morgan fingerprint density at radius 3 is 2.60 bits per heavy atom. The number of morpholine rings is 1. The summed E-state index contributed by atoms with van der Waals surface area (Å²) in [6.07, 6.45) is 5.72. The molecule has 6 nitrogen and oxygen atoms in total. The Hall–Kier alpha value is -1.14. The van der Waals surface area contributed by atoms with Gasteiger partial charge in [-0.1, -0.05) is 19.3 Å². The standard InChI is InChI=1S/C14H24N2O4/c15-10-14(4-2-1-3-5-14)8-12(17)16-6-7-20-9-11(16)13(18)19/h11H,1-10,15H2,(H,18,19). The summed E-state index contributed by atoms with van der Waals surface area (Å²) in [5, 5.41) is 9.19. The topological polar surface area (TPSA) is 92.9 Å². The first kappa shape index (κ1) is 15.3. The van der Waals surface area contributed by atoms with Crippen LogP contribution in [0.4, 0.5) is 0 Å². The van der Waals surface area contributed by atoms with E-state index in [1.807, 2.05) is 0 Å². The third kappa shape index (κ3) is 3.30. The minimum absolute atomic E-state index is 0.0801. The van der Waals surface area contributed by atoms with Crippen LogP contribution in [-0.4, -0.2) is 54.2 Å². The normalized spacial score (nSPS) is 26.2. The first-order valence-corrected chi connectivity index (χ1v) is 7.38. The van der Waals surface area contributed by atoms with Crippen LogP contribution in [0.5, 0.6) is 0 Å². The third-order valence-corrected chi connectivity index (χ3v) is 4.61. The number of hydrogen-bond donors (Lipinski definition) is 2. The van der Waals surface area contributed by atoms with E-state index in [-0.39, 0.29) is 17.9 Å². The molecule has 2 rings (SSSR count). The molecule has 1 heterocycles. The minimum atomic E-state index is -0.997. The second-order valence-electron chi connectivity index (χ2n) is 5.96. The van der Waals surface area contributed by atoms with Gasteiger partial charge in [-0.2, -0.15) is 0 Å². The van der Waals surface area contributed by atoms with Gasteiger partial charge in [0.1, 0.15) is 0 Å². The number of ether oxygens (including phenoxy) is 1. The van der Waals surface area contributed by atoms with Crippen LogP contribution >= 0.6 is 0 Å². The van der Waals surface area contributed by atoms with Crippen molar-refractivity contribution in [2.45, 2.75) is 44.6 Å². The maximum Gasteiger partial charge on any atom is 0.328 e. The van der Waals surface area contributed by atoms with Gasteiger partial charge in [0.25, 0.3) is 0 Å². The van der Waals surface area contributed by atoms with Crippen molar-refractivity contribution in [3.63, 3.8) is 0 Å². The van der Waals surface area contributed by atoms with E-state index in [4.69, 9.17) is 10.5 Å². The van der Waals surface area contributed by atoms with Crippen LogP contribution in [0.1, 0.15) is 38.5 Å². The predicted octanol–water partition coefficient (Wildman–Crippen LogP) is 0.598. The highest BCUT2D eigenvalue weighted by atomic mass is 16.5. The smallest absolute Gasteiger partial charge is 0.328 e. The van der Waals surface area contributed by atoms with Crippen molar-refractivity contribution in [3.8, 4) is 0 Å². The molecule has 1 saturated carbocycles. The highest BCUT2D eigenvalue weighted by Gasteiger charge is 2.38. The van der Waals surface area contributed by atoms with E-state index in [9.17, 15) is 14.7 Å². The molecule has 1 atom stereocenters. The molecule has 2 aliphatic rings. The van der Waals surface area contributed by atoms with Crippen LogP contribution < -0.4 is 5.73 Å². The first-order chi connectivity index (χ1) is 9.58. The van der Waals surface area contributed by atoms with Crippen molar-refractivity contribution in [2.75, 3.05) is 26.3 Å². The zero-order chi connectivity index (χ0) is 14.6. The third-order valence-electron chi connectivity index (χ3n) is 4.61. The lowest BCUT2D eigenvalue weighted by atomic mass is 9.71. The number of amides is 1. The van der Waals surface area contributed by atoms with Gasteiger partial charge in [0.2, 0.25) is 5.91 Å². The van der Waals surface area contributed by atoms with Gasteiger partial charge in [0, 0.05) is 13.0 Å². The average Bonchev–Trinajstić information content (AvgIpc) is 2.48. The quantitative estimate of drug-likeness (QED) is 0.788. The van der Waals surface area contributed by atoms with Crippen molar-refractivity contribution >= 4 is 11.9 Å². The van der Waals surface area contributed by atoms with Crippen LogP contribution in [-0.2, 0) is 14.3 Å². The van der Waals surface area contributed by atoms with Crippen molar-refractivity contribution < 1.29 is 19.4 Å². The zero-order valence-corrected chi connectivity index (χ0v) is 11.8. The van der Waals surface area contributed by atoms with Crippen LogP contribution in [0.2, 0.25) is 0 Å². The van der Waals surface area contributed by atoms with Crippen molar-refractivity contribution in [3.05, 3.63) is 0 Å². The fourth-order valence-electron chi connectivity index (χ4n) is 3.28. The molecule has 6 heteroatoms. The van der Waals surface area contributed by atoms with Gasteiger partial charge in [-0.3, -0.25) is 4.79 Å². The Morgan fingerprint density at radius 2 is 2.00 bits per heavy atom. The van der Waals surface area contributed by atoms with Crippen LogP contribution in [0.3, 0.4) is 0 Å². The molecule has 1 saturated heterocycles. The van der Waals surface area contributed by atoms with Gasteiger partial charge in [-0.25, -0.2) is 4.79 Å². The summed E-state index contributed by atoms with van der Waals surface area (Å²) in [7, 11) is 0. The molecule has 0 radical (unpaired) electrons. The highest BCUT2D eigenvalue weighted by molar-refractivity contribution is 5.84. The molecule has 3 N–H and O–H groups in total. The molecule has 0 aromatic rings. The number of carboxylic acids is 1. The summed E-state index contributed by atoms with van der Waals surface area (Å²) in [6.45, 7) is 1.35. The first-order valence-electron chi connectivity index (χ1n) is 7.38. The maximum atomic E-state index is 12.5. The van der Waals surface area contributed by atoms with Crippen LogP contribution in [0.15, 0.2) is 0 Å². The largest absolute Gasteiger partial charge is 0.480 e. The lowest BCUT2D eigenvalue weighted by molar-refractivity contribution is -0.159. The molecule has 0 aromatic carbocycles. The van der Waals surface area contributed by atoms with E-state index in [0.717, 1.165) is 25.7 Å². The molecule has 1 aliphatic heterocycles. The lowest BCUT2D eigenvalue weighted by Crippen LogP contribution is -2.54. The van der Waals surface area contributed by atoms with Gasteiger partial charge in [0.15, 0.2) is 6.04 Å². The predicted molar refractivity (Wildman–Crippen MR) is 73.1 cm³/mol. The van der Waals surface area contributed by atoms with E-state index in [0.29, 0.717) is 26.1 Å². The number of nitrogens with two attached hydrogens (primary N) is 1. The summed E-state index contributed by atoms with van der Waals surface area (Å²) in [5.74, 6) is -1.09. The summed E-state index contributed by atoms with van der Waals surface area (Å²) in [6, 6.07) is -0.852. The number of nitrogens with zero attached hydrogens (tertiary/aromatic N) is 1. The molecule has 1 amide bonds. The molecular formula is C14H24N2O4. The van der Waals surface area contributed by atoms with E-state index < -0.39 is 12.0 Å². The second-order valence-corrected chi connectivity index (χ2v) is 5.96. The Morgan fingerprint density at radius 1 is 1.30 bits per heavy atom. The number of carboxylic acid groups (broad SMARTS) is 1. The van der Waals surface area contributed by atoms with Gasteiger partial charge in [0.05, 0.1) is 13.2 Å². The number of aliphatic carboxylic acids is 1. The lowest BCUT2D eigenvalue weighted by Gasteiger charge is -2.39.